The van der Waals surface area contributed by atoms with E-state index in [4.69, 9.17) is 0 Å². The Morgan fingerprint density at radius 2 is 1.69 bits per heavy atom. The van der Waals surface area contributed by atoms with Crippen molar-refractivity contribution in [3.63, 3.8) is 0 Å². The van der Waals surface area contributed by atoms with E-state index in [2.05, 4.69) is 5.32 Å². The number of fused-ring (bicyclic) bond motifs is 5. The molecule has 4 aliphatic rings. The SMILES string of the molecule is C1CC1NC1CC2C3CCC(C3)C12. The highest BCUT2D eigenvalue weighted by Crippen LogP contribution is 2.61. The van der Waals surface area contributed by atoms with Gasteiger partial charge in [-0.05, 0) is 62.2 Å². The van der Waals surface area contributed by atoms with Crippen LogP contribution in [0, 0.1) is 23.7 Å². The topological polar surface area (TPSA) is 12.0 Å². The molecule has 1 N–H and O–H groups in total. The summed E-state index contributed by atoms with van der Waals surface area (Å²) in [5, 5.41) is 3.85. The van der Waals surface area contributed by atoms with Gasteiger partial charge in [-0.3, -0.25) is 0 Å². The second-order valence-corrected chi connectivity index (χ2v) is 5.86. The molecule has 0 amide bonds. The highest BCUT2D eigenvalue weighted by molar-refractivity contribution is 5.09. The predicted octanol–water partition coefficient (Wildman–Crippen LogP) is 2.17. The Hall–Kier alpha value is -0.0400. The van der Waals surface area contributed by atoms with E-state index < -0.39 is 0 Å². The van der Waals surface area contributed by atoms with Crippen LogP contribution in [0.15, 0.2) is 0 Å². The van der Waals surface area contributed by atoms with Crippen LogP contribution in [0.4, 0.5) is 0 Å². The first-order valence-corrected chi connectivity index (χ1v) is 6.18. The fourth-order valence-electron chi connectivity index (χ4n) is 4.42. The lowest BCUT2D eigenvalue weighted by atomic mass is 9.62. The summed E-state index contributed by atoms with van der Waals surface area (Å²) in [6, 6.07) is 1.89. The van der Waals surface area contributed by atoms with E-state index in [0.717, 1.165) is 35.8 Å². The Labute approximate surface area is 80.3 Å². The average Bonchev–Trinajstić information content (AvgIpc) is 2.74. The molecule has 5 unspecified atom stereocenters. The molecule has 13 heavy (non-hydrogen) atoms. The molecule has 72 valence electrons. The van der Waals surface area contributed by atoms with Crippen LogP contribution >= 0.6 is 0 Å². The van der Waals surface area contributed by atoms with E-state index in [1.807, 2.05) is 0 Å². The van der Waals surface area contributed by atoms with Gasteiger partial charge in [-0.25, -0.2) is 0 Å². The van der Waals surface area contributed by atoms with Crippen molar-refractivity contribution in [1.82, 2.24) is 5.32 Å². The molecular weight excluding hydrogens is 158 g/mol. The number of hydrogen-bond acceptors (Lipinski definition) is 1. The standard InChI is InChI=1S/C12H19N/c1-2-8-5-7(1)10-6-11(12(8)10)13-9-3-4-9/h7-13H,1-6H2. The minimum absolute atomic E-state index is 0.935. The molecule has 2 bridgehead atoms. The zero-order valence-corrected chi connectivity index (χ0v) is 8.21. The minimum atomic E-state index is 0.935. The summed E-state index contributed by atoms with van der Waals surface area (Å²) < 4.78 is 0. The van der Waals surface area contributed by atoms with Gasteiger partial charge in [-0.2, -0.15) is 0 Å². The molecule has 4 saturated carbocycles. The maximum absolute atomic E-state index is 3.85. The average molecular weight is 177 g/mol. The Bertz CT molecular complexity index is 231. The number of nitrogens with one attached hydrogen (secondary N) is 1. The summed E-state index contributed by atoms with van der Waals surface area (Å²) in [4.78, 5) is 0. The Morgan fingerprint density at radius 3 is 2.46 bits per heavy atom. The molecule has 4 fully saturated rings. The minimum Gasteiger partial charge on any atom is -0.311 e. The lowest BCUT2D eigenvalue weighted by Crippen LogP contribution is -2.53. The zero-order chi connectivity index (χ0) is 8.41. The molecular formula is C12H19N. The van der Waals surface area contributed by atoms with Crippen LogP contribution in [0.2, 0.25) is 0 Å². The molecule has 0 radical (unpaired) electrons. The molecule has 1 heteroatoms. The van der Waals surface area contributed by atoms with E-state index in [9.17, 15) is 0 Å². The highest BCUT2D eigenvalue weighted by Gasteiger charge is 2.57. The maximum atomic E-state index is 3.85. The van der Waals surface area contributed by atoms with E-state index in [0.29, 0.717) is 0 Å². The second kappa shape index (κ2) is 2.31. The van der Waals surface area contributed by atoms with E-state index in [1.165, 1.54) is 19.3 Å². The van der Waals surface area contributed by atoms with Crippen molar-refractivity contribution in [2.45, 2.75) is 50.6 Å². The van der Waals surface area contributed by atoms with Crippen molar-refractivity contribution in [1.29, 1.82) is 0 Å². The Morgan fingerprint density at radius 1 is 0.846 bits per heavy atom. The maximum Gasteiger partial charge on any atom is 0.0106 e. The Kier molecular flexibility index (Phi) is 1.29. The quantitative estimate of drug-likeness (QED) is 0.681. The summed E-state index contributed by atoms with van der Waals surface area (Å²) in [6.45, 7) is 0. The van der Waals surface area contributed by atoms with Gasteiger partial charge in [0.1, 0.15) is 0 Å². The first-order valence-electron chi connectivity index (χ1n) is 6.18. The molecule has 0 spiro atoms. The lowest BCUT2D eigenvalue weighted by molar-refractivity contribution is 0.0487. The largest absolute Gasteiger partial charge is 0.311 e. The fraction of sp³-hybridized carbons (Fsp3) is 1.00. The van der Waals surface area contributed by atoms with Gasteiger partial charge in [0.2, 0.25) is 0 Å². The molecule has 1 nitrogen and oxygen atoms in total. The zero-order valence-electron chi connectivity index (χ0n) is 8.21. The van der Waals surface area contributed by atoms with Gasteiger partial charge in [0.05, 0.1) is 0 Å². The first kappa shape index (κ1) is 7.28. The van der Waals surface area contributed by atoms with Crippen LogP contribution in [-0.4, -0.2) is 12.1 Å². The summed E-state index contributed by atoms with van der Waals surface area (Å²) in [6.07, 6.45) is 9.18. The predicted molar refractivity (Wildman–Crippen MR) is 52.4 cm³/mol. The fourth-order valence-corrected chi connectivity index (χ4v) is 4.42. The first-order chi connectivity index (χ1) is 6.42. The Balaban J connectivity index is 1.48. The van der Waals surface area contributed by atoms with Crippen molar-refractivity contribution in [3.8, 4) is 0 Å². The molecule has 0 heterocycles. The van der Waals surface area contributed by atoms with Crippen LogP contribution in [0.25, 0.3) is 0 Å². The third-order valence-corrected chi connectivity index (χ3v) is 5.18. The van der Waals surface area contributed by atoms with Gasteiger partial charge in [0, 0.05) is 12.1 Å². The summed E-state index contributed by atoms with van der Waals surface area (Å²) in [5.74, 6) is 4.58. The second-order valence-electron chi connectivity index (χ2n) is 5.86. The molecule has 5 atom stereocenters. The molecule has 4 rings (SSSR count). The van der Waals surface area contributed by atoms with E-state index >= 15 is 0 Å². The summed E-state index contributed by atoms with van der Waals surface area (Å²) in [7, 11) is 0. The van der Waals surface area contributed by atoms with Crippen LogP contribution < -0.4 is 5.32 Å². The van der Waals surface area contributed by atoms with Gasteiger partial charge in [0.15, 0.2) is 0 Å². The van der Waals surface area contributed by atoms with Crippen molar-refractivity contribution < 1.29 is 0 Å². The number of hydrogen-bond donors (Lipinski definition) is 1. The lowest BCUT2D eigenvalue weighted by Gasteiger charge is -2.48. The van der Waals surface area contributed by atoms with Crippen molar-refractivity contribution in [3.05, 3.63) is 0 Å². The van der Waals surface area contributed by atoms with Gasteiger partial charge in [-0.1, -0.05) is 0 Å². The molecule has 0 aromatic heterocycles. The third-order valence-electron chi connectivity index (χ3n) is 5.18. The van der Waals surface area contributed by atoms with Crippen LogP contribution in [0.5, 0.6) is 0 Å². The molecule has 0 aliphatic heterocycles. The normalized spacial score (nSPS) is 57.7. The van der Waals surface area contributed by atoms with E-state index in [1.54, 1.807) is 19.3 Å². The highest BCUT2D eigenvalue weighted by atomic mass is 15.0. The molecule has 0 saturated heterocycles. The van der Waals surface area contributed by atoms with Crippen LogP contribution in [-0.2, 0) is 0 Å². The van der Waals surface area contributed by atoms with Gasteiger partial charge in [-0.15, -0.1) is 0 Å². The van der Waals surface area contributed by atoms with Gasteiger partial charge >= 0.3 is 0 Å². The summed E-state index contributed by atoms with van der Waals surface area (Å²) >= 11 is 0. The smallest absolute Gasteiger partial charge is 0.0106 e. The van der Waals surface area contributed by atoms with Crippen LogP contribution in [0.1, 0.15) is 38.5 Å². The van der Waals surface area contributed by atoms with Gasteiger partial charge < -0.3 is 5.32 Å². The summed E-state index contributed by atoms with van der Waals surface area (Å²) in [5.41, 5.74) is 0. The van der Waals surface area contributed by atoms with E-state index in [-0.39, 0.29) is 0 Å². The molecule has 4 aliphatic carbocycles. The van der Waals surface area contributed by atoms with Gasteiger partial charge in [0.25, 0.3) is 0 Å². The molecule has 0 aromatic carbocycles. The monoisotopic (exact) mass is 177 g/mol. The third kappa shape index (κ3) is 0.918. The van der Waals surface area contributed by atoms with Crippen molar-refractivity contribution in [2.75, 3.05) is 0 Å². The number of rotatable bonds is 2. The van der Waals surface area contributed by atoms with Crippen LogP contribution in [0.3, 0.4) is 0 Å². The molecule has 0 aromatic rings. The van der Waals surface area contributed by atoms with Crippen molar-refractivity contribution in [2.24, 2.45) is 23.7 Å². The van der Waals surface area contributed by atoms with Crippen molar-refractivity contribution >= 4 is 0 Å².